The van der Waals surface area contributed by atoms with Gasteiger partial charge in [0.1, 0.15) is 0 Å². The Morgan fingerprint density at radius 3 is 2.88 bits per heavy atom. The van der Waals surface area contributed by atoms with Gasteiger partial charge in [0.15, 0.2) is 0 Å². The molecule has 0 aliphatic carbocycles. The van der Waals surface area contributed by atoms with Gasteiger partial charge < -0.3 is 10.2 Å². The highest BCUT2D eigenvalue weighted by Gasteiger charge is 2.34. The minimum Gasteiger partial charge on any atom is -0.312 e. The zero-order chi connectivity index (χ0) is 12.1. The summed E-state index contributed by atoms with van der Waals surface area (Å²) in [4.78, 5) is 2.73. The molecule has 1 unspecified atom stereocenters. The minimum atomic E-state index is 0.812. The molecule has 100 valence electrons. The van der Waals surface area contributed by atoms with Crippen LogP contribution in [0.3, 0.4) is 0 Å². The standard InChI is InChI=1S/C15H30N2/c1-3-5-7-13(4-2)10-17-11-14-8-6-9-16-15(14)12-17/h13-16H,3-12H2,1-2H3/t13?,14-,15+/m0/s1. The lowest BCUT2D eigenvalue weighted by Gasteiger charge is -2.24. The van der Waals surface area contributed by atoms with Gasteiger partial charge in [0.2, 0.25) is 0 Å². The average Bonchev–Trinajstić information content (AvgIpc) is 2.76. The highest BCUT2D eigenvalue weighted by molar-refractivity contribution is 4.92. The Kier molecular flexibility index (Phi) is 5.30. The van der Waals surface area contributed by atoms with E-state index in [0.717, 1.165) is 17.9 Å². The molecule has 1 N–H and O–H groups in total. The van der Waals surface area contributed by atoms with Crippen molar-refractivity contribution < 1.29 is 0 Å². The minimum absolute atomic E-state index is 0.812. The van der Waals surface area contributed by atoms with Crippen LogP contribution in [0.1, 0.15) is 52.4 Å². The van der Waals surface area contributed by atoms with Crippen molar-refractivity contribution in [3.8, 4) is 0 Å². The zero-order valence-electron chi connectivity index (χ0n) is 11.8. The Bertz CT molecular complexity index is 203. The molecule has 2 fully saturated rings. The average molecular weight is 238 g/mol. The summed E-state index contributed by atoms with van der Waals surface area (Å²) in [5, 5.41) is 3.70. The van der Waals surface area contributed by atoms with E-state index in [1.807, 2.05) is 0 Å². The second-order valence-electron chi connectivity index (χ2n) is 6.10. The van der Waals surface area contributed by atoms with E-state index in [1.54, 1.807) is 0 Å². The van der Waals surface area contributed by atoms with Crippen LogP contribution in [0, 0.1) is 11.8 Å². The topological polar surface area (TPSA) is 15.3 Å². The van der Waals surface area contributed by atoms with E-state index in [0.29, 0.717) is 0 Å². The summed E-state index contributed by atoms with van der Waals surface area (Å²) >= 11 is 0. The number of piperidine rings is 1. The molecule has 0 aromatic heterocycles. The first kappa shape index (κ1) is 13.4. The molecule has 2 aliphatic heterocycles. The molecule has 2 heterocycles. The van der Waals surface area contributed by atoms with Crippen molar-refractivity contribution in [2.45, 2.75) is 58.4 Å². The summed E-state index contributed by atoms with van der Waals surface area (Å²) in [5.74, 6) is 1.89. The van der Waals surface area contributed by atoms with Crippen molar-refractivity contribution in [1.82, 2.24) is 10.2 Å². The molecule has 2 aliphatic rings. The van der Waals surface area contributed by atoms with Crippen LogP contribution < -0.4 is 5.32 Å². The largest absolute Gasteiger partial charge is 0.312 e. The fourth-order valence-electron chi connectivity index (χ4n) is 3.57. The van der Waals surface area contributed by atoms with Gasteiger partial charge in [-0.05, 0) is 37.6 Å². The fourth-order valence-corrected chi connectivity index (χ4v) is 3.57. The van der Waals surface area contributed by atoms with Crippen molar-refractivity contribution in [1.29, 1.82) is 0 Å². The van der Waals surface area contributed by atoms with Crippen molar-refractivity contribution in [3.05, 3.63) is 0 Å². The van der Waals surface area contributed by atoms with Gasteiger partial charge in [0.25, 0.3) is 0 Å². The molecule has 0 amide bonds. The second kappa shape index (κ2) is 6.75. The number of rotatable bonds is 6. The van der Waals surface area contributed by atoms with Gasteiger partial charge in [-0.1, -0.05) is 33.1 Å². The number of nitrogens with zero attached hydrogens (tertiary/aromatic N) is 1. The third-order valence-corrected chi connectivity index (χ3v) is 4.73. The van der Waals surface area contributed by atoms with Crippen LogP contribution in [0.4, 0.5) is 0 Å². The Morgan fingerprint density at radius 2 is 2.18 bits per heavy atom. The van der Waals surface area contributed by atoms with E-state index in [-0.39, 0.29) is 0 Å². The molecule has 0 radical (unpaired) electrons. The molecule has 0 saturated carbocycles. The Balaban J connectivity index is 1.75. The molecule has 0 bridgehead atoms. The van der Waals surface area contributed by atoms with Crippen molar-refractivity contribution in [3.63, 3.8) is 0 Å². The van der Waals surface area contributed by atoms with E-state index < -0.39 is 0 Å². The first-order valence-corrected chi connectivity index (χ1v) is 7.79. The summed E-state index contributed by atoms with van der Waals surface area (Å²) in [7, 11) is 0. The molecular weight excluding hydrogens is 208 g/mol. The van der Waals surface area contributed by atoms with Crippen LogP contribution in [0.5, 0.6) is 0 Å². The van der Waals surface area contributed by atoms with Gasteiger partial charge in [-0.3, -0.25) is 0 Å². The van der Waals surface area contributed by atoms with E-state index >= 15 is 0 Å². The highest BCUT2D eigenvalue weighted by atomic mass is 15.2. The monoisotopic (exact) mass is 238 g/mol. The van der Waals surface area contributed by atoms with Gasteiger partial charge >= 0.3 is 0 Å². The number of nitrogens with one attached hydrogen (secondary N) is 1. The number of hydrogen-bond donors (Lipinski definition) is 1. The van der Waals surface area contributed by atoms with E-state index in [2.05, 4.69) is 24.1 Å². The molecule has 0 aromatic carbocycles. The second-order valence-corrected chi connectivity index (χ2v) is 6.10. The normalized spacial score (nSPS) is 31.4. The maximum Gasteiger partial charge on any atom is 0.0235 e. The van der Waals surface area contributed by atoms with Crippen molar-refractivity contribution in [2.75, 3.05) is 26.2 Å². The Labute approximate surface area is 107 Å². The van der Waals surface area contributed by atoms with Gasteiger partial charge in [-0.2, -0.15) is 0 Å². The van der Waals surface area contributed by atoms with Crippen LogP contribution in [0.25, 0.3) is 0 Å². The quantitative estimate of drug-likeness (QED) is 0.765. The van der Waals surface area contributed by atoms with E-state index in [9.17, 15) is 0 Å². The Morgan fingerprint density at radius 1 is 1.29 bits per heavy atom. The Hall–Kier alpha value is -0.0800. The van der Waals surface area contributed by atoms with Crippen LogP contribution >= 0.6 is 0 Å². The molecule has 0 aromatic rings. The lowest BCUT2D eigenvalue weighted by Crippen LogP contribution is -2.40. The van der Waals surface area contributed by atoms with Gasteiger partial charge in [-0.15, -0.1) is 0 Å². The summed E-state index contributed by atoms with van der Waals surface area (Å²) in [6.45, 7) is 9.95. The molecule has 2 heteroatoms. The van der Waals surface area contributed by atoms with Crippen LogP contribution in [-0.4, -0.2) is 37.1 Å². The highest BCUT2D eigenvalue weighted by Crippen LogP contribution is 2.26. The van der Waals surface area contributed by atoms with Gasteiger partial charge in [-0.25, -0.2) is 0 Å². The first-order chi connectivity index (χ1) is 8.33. The van der Waals surface area contributed by atoms with E-state index in [4.69, 9.17) is 0 Å². The smallest absolute Gasteiger partial charge is 0.0235 e. The SMILES string of the molecule is CCCCC(CC)CN1C[C@@H]2CCCN[C@@H]2C1. The molecule has 3 atom stereocenters. The molecular formula is C15H30N2. The third-order valence-electron chi connectivity index (χ3n) is 4.73. The number of hydrogen-bond acceptors (Lipinski definition) is 2. The van der Waals surface area contributed by atoms with Crippen LogP contribution in [0.2, 0.25) is 0 Å². The summed E-state index contributed by atoms with van der Waals surface area (Å²) in [5.41, 5.74) is 0. The lowest BCUT2D eigenvalue weighted by molar-refractivity contribution is 0.251. The van der Waals surface area contributed by atoms with Crippen molar-refractivity contribution in [2.24, 2.45) is 11.8 Å². The molecule has 2 saturated heterocycles. The molecule has 17 heavy (non-hydrogen) atoms. The van der Waals surface area contributed by atoms with Crippen LogP contribution in [0.15, 0.2) is 0 Å². The number of fused-ring (bicyclic) bond motifs is 1. The van der Waals surface area contributed by atoms with E-state index in [1.165, 1.54) is 64.7 Å². The first-order valence-electron chi connectivity index (χ1n) is 7.79. The van der Waals surface area contributed by atoms with Gasteiger partial charge in [0, 0.05) is 25.7 Å². The fraction of sp³-hybridized carbons (Fsp3) is 1.00. The molecule has 2 nitrogen and oxygen atoms in total. The van der Waals surface area contributed by atoms with Gasteiger partial charge in [0.05, 0.1) is 0 Å². The zero-order valence-corrected chi connectivity index (χ0v) is 11.8. The van der Waals surface area contributed by atoms with Crippen molar-refractivity contribution >= 4 is 0 Å². The number of likely N-dealkylation sites (tertiary alicyclic amines) is 1. The summed E-state index contributed by atoms with van der Waals surface area (Å²) < 4.78 is 0. The van der Waals surface area contributed by atoms with Crippen LogP contribution in [-0.2, 0) is 0 Å². The summed E-state index contributed by atoms with van der Waals surface area (Å²) in [6, 6.07) is 0.812. The summed E-state index contributed by atoms with van der Waals surface area (Å²) in [6.07, 6.45) is 8.41. The number of unbranched alkanes of at least 4 members (excludes halogenated alkanes) is 1. The maximum absolute atomic E-state index is 3.70. The maximum atomic E-state index is 3.70. The third kappa shape index (κ3) is 3.69. The molecule has 2 rings (SSSR count). The molecule has 0 spiro atoms. The predicted molar refractivity (Wildman–Crippen MR) is 74.3 cm³/mol. The predicted octanol–water partition coefficient (Wildman–Crippen LogP) is 2.89. The lowest BCUT2D eigenvalue weighted by atomic mass is 9.94.